The first-order valence-corrected chi connectivity index (χ1v) is 10.2. The van der Waals surface area contributed by atoms with Crippen molar-refractivity contribution in [2.24, 2.45) is 5.73 Å². The third-order valence-corrected chi connectivity index (χ3v) is 5.92. The molecule has 0 amide bonds. The minimum atomic E-state index is -4.96. The van der Waals surface area contributed by atoms with Crippen molar-refractivity contribution in [1.82, 2.24) is 4.48 Å². The van der Waals surface area contributed by atoms with Crippen LogP contribution in [0.25, 0.3) is 0 Å². The zero-order valence-electron chi connectivity index (χ0n) is 17.6. The largest absolute Gasteiger partial charge is 0.418 e. The Morgan fingerprint density at radius 3 is 2.19 bits per heavy atom. The Balaban J connectivity index is 1.98. The van der Waals surface area contributed by atoms with Crippen molar-refractivity contribution < 1.29 is 30.7 Å². The predicted octanol–water partition coefficient (Wildman–Crippen LogP) is 5.92. The second-order valence-corrected chi connectivity index (χ2v) is 8.39. The molecule has 1 aliphatic rings. The summed E-state index contributed by atoms with van der Waals surface area (Å²) in [6.45, 7) is 2.14. The van der Waals surface area contributed by atoms with Crippen LogP contribution in [0.15, 0.2) is 36.4 Å². The van der Waals surface area contributed by atoms with Crippen LogP contribution in [0.1, 0.15) is 36.5 Å². The average Bonchev–Trinajstić information content (AvgIpc) is 2.93. The normalized spacial score (nSPS) is 21.9. The van der Waals surface area contributed by atoms with Gasteiger partial charge in [-0.1, -0.05) is 19.1 Å². The summed E-state index contributed by atoms with van der Waals surface area (Å²) < 4.78 is 94.2. The number of alkyl halides is 6. The molecule has 0 bridgehead atoms. The molecular formula is C22H25F7N3+. The number of nitrogens with two attached hydrogens (primary N) is 1. The average molecular weight is 464 g/mol. The molecule has 3 unspecified atom stereocenters. The SMILES string of the molecule is CCC[N+]1(C)c2cc(C(F)(F)F)cc(C(F)(F)F)c2NC1CC(N)Cc1ccc(F)cc1. The number of nitrogens with zero attached hydrogens (tertiary/aromatic N) is 1. The van der Waals surface area contributed by atoms with Crippen molar-refractivity contribution in [1.29, 1.82) is 0 Å². The second kappa shape index (κ2) is 8.55. The van der Waals surface area contributed by atoms with Gasteiger partial charge in [0.2, 0.25) is 0 Å². The highest BCUT2D eigenvalue weighted by Crippen LogP contribution is 2.50. The summed E-state index contributed by atoms with van der Waals surface area (Å²) in [5.74, 6) is -0.400. The highest BCUT2D eigenvalue weighted by atomic mass is 19.4. The van der Waals surface area contributed by atoms with E-state index in [0.717, 1.165) is 11.6 Å². The summed E-state index contributed by atoms with van der Waals surface area (Å²) in [7, 11) is 1.62. The predicted molar refractivity (Wildman–Crippen MR) is 109 cm³/mol. The van der Waals surface area contributed by atoms with Gasteiger partial charge in [0.25, 0.3) is 0 Å². The number of rotatable bonds is 6. The Morgan fingerprint density at radius 2 is 1.66 bits per heavy atom. The summed E-state index contributed by atoms with van der Waals surface area (Å²) in [6.07, 6.45) is -9.42. The van der Waals surface area contributed by atoms with Crippen molar-refractivity contribution in [3.8, 4) is 0 Å². The van der Waals surface area contributed by atoms with Crippen molar-refractivity contribution in [2.45, 2.75) is 50.7 Å². The van der Waals surface area contributed by atoms with E-state index in [1.807, 2.05) is 6.92 Å². The lowest BCUT2D eigenvalue weighted by Gasteiger charge is -2.36. The number of benzene rings is 2. The molecule has 0 saturated carbocycles. The van der Waals surface area contributed by atoms with Gasteiger partial charge in [0.05, 0.1) is 24.7 Å². The zero-order valence-corrected chi connectivity index (χ0v) is 17.6. The van der Waals surface area contributed by atoms with E-state index in [2.05, 4.69) is 5.32 Å². The van der Waals surface area contributed by atoms with E-state index in [0.29, 0.717) is 19.4 Å². The molecule has 3 nitrogen and oxygen atoms in total. The molecule has 176 valence electrons. The van der Waals surface area contributed by atoms with Crippen molar-refractivity contribution in [3.63, 3.8) is 0 Å². The molecule has 32 heavy (non-hydrogen) atoms. The van der Waals surface area contributed by atoms with Gasteiger partial charge < -0.3 is 11.1 Å². The number of hydrogen-bond donors (Lipinski definition) is 2. The van der Waals surface area contributed by atoms with Crippen LogP contribution in [0.2, 0.25) is 0 Å². The Morgan fingerprint density at radius 1 is 1.03 bits per heavy atom. The molecule has 3 rings (SSSR count). The summed E-state index contributed by atoms with van der Waals surface area (Å²) >= 11 is 0. The Hall–Kier alpha value is -2.33. The second-order valence-electron chi connectivity index (χ2n) is 8.39. The van der Waals surface area contributed by atoms with Crippen LogP contribution in [0.5, 0.6) is 0 Å². The lowest BCUT2D eigenvalue weighted by molar-refractivity contribution is -0.142. The third-order valence-electron chi connectivity index (χ3n) is 5.92. The summed E-state index contributed by atoms with van der Waals surface area (Å²) in [4.78, 5) is 0. The maximum Gasteiger partial charge on any atom is 0.418 e. The number of quaternary nitrogens is 1. The van der Waals surface area contributed by atoms with Gasteiger partial charge in [-0.3, -0.25) is 4.48 Å². The molecule has 0 aliphatic carbocycles. The molecule has 0 fully saturated rings. The molecule has 0 saturated heterocycles. The first kappa shape index (κ1) is 24.3. The quantitative estimate of drug-likeness (QED) is 0.411. The standard InChI is InChI=1S/C22H25F7N3/c1-3-8-32(2)18-11-14(21(24,25)26)10-17(22(27,28)29)20(18)31-19(32)12-16(30)9-13-4-6-15(23)7-5-13/h4-7,10-11,16,19,31H,3,8-9,12,30H2,1-2H3/q+1. The Kier molecular flexibility index (Phi) is 6.50. The van der Waals surface area contributed by atoms with Gasteiger partial charge >= 0.3 is 12.4 Å². The van der Waals surface area contributed by atoms with Crippen molar-refractivity contribution in [3.05, 3.63) is 58.9 Å². The molecule has 0 radical (unpaired) electrons. The molecule has 3 atom stereocenters. The number of fused-ring (bicyclic) bond motifs is 1. The molecule has 10 heteroatoms. The number of hydrogen-bond acceptors (Lipinski definition) is 2. The zero-order chi connectivity index (χ0) is 23.9. The van der Waals surface area contributed by atoms with Crippen LogP contribution in [0, 0.1) is 5.82 Å². The summed E-state index contributed by atoms with van der Waals surface area (Å²) in [5.41, 5.74) is 3.96. The summed E-state index contributed by atoms with van der Waals surface area (Å²) in [6, 6.07) is 6.18. The van der Waals surface area contributed by atoms with E-state index < -0.39 is 41.5 Å². The Labute approximate surface area is 181 Å². The van der Waals surface area contributed by atoms with Crippen LogP contribution in [0.3, 0.4) is 0 Å². The minimum absolute atomic E-state index is 0.0482. The minimum Gasteiger partial charge on any atom is -0.331 e. The van der Waals surface area contributed by atoms with E-state index in [1.165, 1.54) is 12.1 Å². The van der Waals surface area contributed by atoms with Crippen LogP contribution in [-0.2, 0) is 18.8 Å². The number of anilines is 1. The van der Waals surface area contributed by atoms with Crippen LogP contribution in [-0.4, -0.2) is 25.8 Å². The van der Waals surface area contributed by atoms with E-state index in [-0.39, 0.29) is 28.3 Å². The van der Waals surface area contributed by atoms with Crippen molar-refractivity contribution in [2.75, 3.05) is 18.9 Å². The molecule has 1 heterocycles. The summed E-state index contributed by atoms with van der Waals surface area (Å²) in [5, 5.41) is 2.83. The monoisotopic (exact) mass is 464 g/mol. The molecular weight excluding hydrogens is 439 g/mol. The van der Waals surface area contributed by atoms with Crippen LogP contribution >= 0.6 is 0 Å². The van der Waals surface area contributed by atoms with Gasteiger partial charge in [0, 0.05) is 18.5 Å². The van der Waals surface area contributed by atoms with E-state index in [4.69, 9.17) is 5.73 Å². The molecule has 0 spiro atoms. The maximum absolute atomic E-state index is 13.7. The van der Waals surface area contributed by atoms with Gasteiger partial charge in [-0.2, -0.15) is 26.3 Å². The van der Waals surface area contributed by atoms with Gasteiger partial charge in [0.15, 0.2) is 11.9 Å². The van der Waals surface area contributed by atoms with Crippen LogP contribution in [0.4, 0.5) is 42.1 Å². The van der Waals surface area contributed by atoms with Crippen LogP contribution < -0.4 is 15.5 Å². The van der Waals surface area contributed by atoms with E-state index >= 15 is 0 Å². The maximum atomic E-state index is 13.7. The fraction of sp³-hybridized carbons (Fsp3) is 0.455. The fourth-order valence-electron chi connectivity index (χ4n) is 4.37. The molecule has 2 aromatic rings. The highest BCUT2D eigenvalue weighted by Gasteiger charge is 2.50. The fourth-order valence-corrected chi connectivity index (χ4v) is 4.37. The first-order chi connectivity index (χ1) is 14.8. The molecule has 2 aromatic carbocycles. The lowest BCUT2D eigenvalue weighted by Crippen LogP contribution is -2.55. The van der Waals surface area contributed by atoms with Gasteiger partial charge in [-0.25, -0.2) is 4.39 Å². The topological polar surface area (TPSA) is 38.0 Å². The van der Waals surface area contributed by atoms with Gasteiger partial charge in [-0.05, 0) is 36.6 Å². The first-order valence-electron chi connectivity index (χ1n) is 10.2. The smallest absolute Gasteiger partial charge is 0.331 e. The number of halogens is 7. The van der Waals surface area contributed by atoms with Gasteiger partial charge in [-0.15, -0.1) is 0 Å². The van der Waals surface area contributed by atoms with E-state index in [9.17, 15) is 30.7 Å². The lowest BCUT2D eigenvalue weighted by atomic mass is 10.0. The van der Waals surface area contributed by atoms with Gasteiger partial charge in [0.1, 0.15) is 11.5 Å². The Bertz CT molecular complexity index is 954. The van der Waals surface area contributed by atoms with Crippen molar-refractivity contribution >= 4 is 11.4 Å². The number of nitrogens with one attached hydrogen (secondary N) is 1. The van der Waals surface area contributed by atoms with E-state index in [1.54, 1.807) is 19.2 Å². The molecule has 1 aliphatic heterocycles. The third kappa shape index (κ3) is 4.85. The highest BCUT2D eigenvalue weighted by molar-refractivity contribution is 5.78. The molecule has 0 aromatic heterocycles. The molecule has 3 N–H and O–H groups in total.